The highest BCUT2D eigenvalue weighted by molar-refractivity contribution is 6.08. The molecule has 9 heteroatoms. The van der Waals surface area contributed by atoms with Crippen LogP contribution in [0.15, 0.2) is 72.8 Å². The molecule has 192 valence electrons. The van der Waals surface area contributed by atoms with E-state index >= 15 is 0 Å². The van der Waals surface area contributed by atoms with Gasteiger partial charge in [0.2, 0.25) is 0 Å². The van der Waals surface area contributed by atoms with Gasteiger partial charge in [0.25, 0.3) is 5.91 Å². The minimum atomic E-state index is -0.296. The van der Waals surface area contributed by atoms with Crippen LogP contribution in [0.5, 0.6) is 0 Å². The minimum absolute atomic E-state index is 0.158. The number of nitrogens with one attached hydrogen (secondary N) is 1. The Kier molecular flexibility index (Phi) is 7.62. The summed E-state index contributed by atoms with van der Waals surface area (Å²) in [7, 11) is 2.13. The van der Waals surface area contributed by atoms with E-state index in [2.05, 4.69) is 27.3 Å². The number of fused-ring (bicyclic) bond motifs is 1. The molecule has 1 aliphatic rings. The SMILES string of the molecule is CN1CCN(c2ccc(C(=O)Nc3nn(OCCOCc4ccccc4F)c4ccccc34)cc2)CC1. The van der Waals surface area contributed by atoms with Gasteiger partial charge in [-0.2, -0.15) is 0 Å². The summed E-state index contributed by atoms with van der Waals surface area (Å²) < 4.78 is 19.3. The Morgan fingerprint density at radius 3 is 2.46 bits per heavy atom. The summed E-state index contributed by atoms with van der Waals surface area (Å²) in [5.41, 5.74) is 2.88. The zero-order valence-electron chi connectivity index (χ0n) is 20.8. The fraction of sp³-hybridized carbons (Fsp3) is 0.286. The average Bonchev–Trinajstić information content (AvgIpc) is 3.27. The number of hydrogen-bond donors (Lipinski definition) is 1. The molecule has 0 spiro atoms. The zero-order valence-corrected chi connectivity index (χ0v) is 20.8. The number of halogens is 1. The highest BCUT2D eigenvalue weighted by Crippen LogP contribution is 2.23. The summed E-state index contributed by atoms with van der Waals surface area (Å²) in [6.45, 7) is 4.62. The number of likely N-dealkylation sites (N-methyl/N-ethyl adjacent to an activating group) is 1. The van der Waals surface area contributed by atoms with Crippen LogP contribution in [0.25, 0.3) is 10.9 Å². The summed E-state index contributed by atoms with van der Waals surface area (Å²) in [6.07, 6.45) is 0. The number of piperazine rings is 1. The second-order valence-electron chi connectivity index (χ2n) is 9.01. The van der Waals surface area contributed by atoms with Gasteiger partial charge >= 0.3 is 0 Å². The Hall–Kier alpha value is -3.95. The quantitative estimate of drug-likeness (QED) is 0.350. The van der Waals surface area contributed by atoms with Crippen LogP contribution in [0.3, 0.4) is 0 Å². The maximum absolute atomic E-state index is 13.7. The van der Waals surface area contributed by atoms with Crippen LogP contribution < -0.4 is 15.1 Å². The molecule has 0 bridgehead atoms. The van der Waals surface area contributed by atoms with Gasteiger partial charge < -0.3 is 24.7 Å². The highest BCUT2D eigenvalue weighted by Gasteiger charge is 2.17. The molecule has 1 aliphatic heterocycles. The van der Waals surface area contributed by atoms with E-state index in [1.165, 1.54) is 10.9 Å². The van der Waals surface area contributed by atoms with Crippen molar-refractivity contribution in [3.05, 3.63) is 89.7 Å². The van der Waals surface area contributed by atoms with Gasteiger partial charge in [-0.15, -0.1) is 5.10 Å². The Labute approximate surface area is 215 Å². The normalized spacial score (nSPS) is 14.2. The lowest BCUT2D eigenvalue weighted by atomic mass is 10.1. The molecule has 0 saturated carbocycles. The van der Waals surface area contributed by atoms with Crippen molar-refractivity contribution in [1.29, 1.82) is 0 Å². The standard InChI is InChI=1S/C28H30FN5O3/c1-32-14-16-33(17-15-32)23-12-10-21(11-13-23)28(35)30-27-24-7-3-5-9-26(24)34(31-27)37-19-18-36-20-22-6-2-4-8-25(22)29/h2-13H,14-20H2,1H3,(H,30,31,35). The van der Waals surface area contributed by atoms with E-state index in [1.54, 1.807) is 18.2 Å². The van der Waals surface area contributed by atoms with Crippen molar-refractivity contribution in [3.63, 3.8) is 0 Å². The number of amides is 1. The summed E-state index contributed by atoms with van der Waals surface area (Å²) in [5, 5.41) is 8.13. The van der Waals surface area contributed by atoms with Crippen molar-refractivity contribution in [2.45, 2.75) is 6.61 Å². The molecule has 0 unspecified atom stereocenters. The van der Waals surface area contributed by atoms with Crippen LogP contribution in [-0.2, 0) is 11.3 Å². The lowest BCUT2D eigenvalue weighted by molar-refractivity contribution is 0.0232. The van der Waals surface area contributed by atoms with Crippen molar-refractivity contribution in [3.8, 4) is 0 Å². The summed E-state index contributed by atoms with van der Waals surface area (Å²) >= 11 is 0. The number of rotatable bonds is 9. The number of nitrogens with zero attached hydrogens (tertiary/aromatic N) is 4. The first kappa shape index (κ1) is 24.7. The largest absolute Gasteiger partial charge is 0.394 e. The molecular weight excluding hydrogens is 473 g/mol. The number of anilines is 2. The molecule has 1 N–H and O–H groups in total. The number of benzene rings is 3. The molecule has 4 aromatic rings. The van der Waals surface area contributed by atoms with Crippen LogP contribution in [0, 0.1) is 5.82 Å². The monoisotopic (exact) mass is 503 g/mol. The number of ether oxygens (including phenoxy) is 1. The van der Waals surface area contributed by atoms with E-state index in [0.717, 1.165) is 42.8 Å². The fourth-order valence-electron chi connectivity index (χ4n) is 4.28. The maximum atomic E-state index is 13.7. The van der Waals surface area contributed by atoms with Crippen molar-refractivity contribution >= 4 is 28.3 Å². The minimum Gasteiger partial charge on any atom is -0.394 e. The van der Waals surface area contributed by atoms with E-state index in [9.17, 15) is 9.18 Å². The second kappa shape index (κ2) is 11.4. The van der Waals surface area contributed by atoms with Crippen LogP contribution in [-0.4, -0.2) is 67.2 Å². The fourth-order valence-corrected chi connectivity index (χ4v) is 4.28. The predicted molar refractivity (Wildman–Crippen MR) is 141 cm³/mol. The predicted octanol–water partition coefficient (Wildman–Crippen LogP) is 3.82. The van der Waals surface area contributed by atoms with Gasteiger partial charge in [-0.1, -0.05) is 35.2 Å². The van der Waals surface area contributed by atoms with E-state index in [1.807, 2.05) is 48.5 Å². The molecule has 2 heterocycles. The Bertz CT molecular complexity index is 1350. The van der Waals surface area contributed by atoms with Crippen LogP contribution in [0.1, 0.15) is 15.9 Å². The van der Waals surface area contributed by atoms with Crippen molar-refractivity contribution in [2.75, 3.05) is 56.7 Å². The molecule has 0 aliphatic carbocycles. The third-order valence-electron chi connectivity index (χ3n) is 6.44. The molecule has 0 atom stereocenters. The summed E-state index contributed by atoms with van der Waals surface area (Å²) in [5.74, 6) is -0.125. The van der Waals surface area contributed by atoms with Crippen LogP contribution >= 0.6 is 0 Å². The van der Waals surface area contributed by atoms with Crippen molar-refractivity contribution < 1.29 is 18.8 Å². The molecule has 1 fully saturated rings. The Morgan fingerprint density at radius 2 is 1.68 bits per heavy atom. The topological polar surface area (TPSA) is 71.9 Å². The number of carbonyl (C=O) groups is 1. The number of aromatic nitrogens is 2. The molecule has 1 amide bonds. The molecule has 0 radical (unpaired) electrons. The Balaban J connectivity index is 1.20. The first-order chi connectivity index (χ1) is 18.1. The molecule has 3 aromatic carbocycles. The third-order valence-corrected chi connectivity index (χ3v) is 6.44. The van der Waals surface area contributed by atoms with Crippen LogP contribution in [0.2, 0.25) is 0 Å². The molecule has 5 rings (SSSR count). The third kappa shape index (κ3) is 5.90. The van der Waals surface area contributed by atoms with E-state index in [0.29, 0.717) is 16.9 Å². The van der Waals surface area contributed by atoms with Crippen molar-refractivity contribution in [1.82, 2.24) is 14.8 Å². The number of hydrogen-bond acceptors (Lipinski definition) is 6. The molecule has 37 heavy (non-hydrogen) atoms. The van der Waals surface area contributed by atoms with E-state index in [4.69, 9.17) is 9.57 Å². The van der Waals surface area contributed by atoms with E-state index < -0.39 is 0 Å². The van der Waals surface area contributed by atoms with Gasteiger partial charge in [0.1, 0.15) is 17.9 Å². The average molecular weight is 504 g/mol. The van der Waals surface area contributed by atoms with Gasteiger partial charge in [0.15, 0.2) is 5.82 Å². The summed E-state index contributed by atoms with van der Waals surface area (Å²) in [6, 6.07) is 21.7. The number of carbonyl (C=O) groups excluding carboxylic acids is 1. The van der Waals surface area contributed by atoms with Gasteiger partial charge in [0, 0.05) is 48.4 Å². The van der Waals surface area contributed by atoms with E-state index in [-0.39, 0.29) is 31.5 Å². The Morgan fingerprint density at radius 1 is 0.946 bits per heavy atom. The number of para-hydroxylation sites is 1. The smallest absolute Gasteiger partial charge is 0.256 e. The first-order valence-corrected chi connectivity index (χ1v) is 12.4. The van der Waals surface area contributed by atoms with Gasteiger partial charge in [-0.05, 0) is 49.5 Å². The molecule has 8 nitrogen and oxygen atoms in total. The van der Waals surface area contributed by atoms with Gasteiger partial charge in [-0.3, -0.25) is 4.79 Å². The zero-order chi connectivity index (χ0) is 25.6. The molecular formula is C28H30FN5O3. The van der Waals surface area contributed by atoms with Crippen LogP contribution in [0.4, 0.5) is 15.9 Å². The lowest BCUT2D eigenvalue weighted by Crippen LogP contribution is -2.44. The van der Waals surface area contributed by atoms with Gasteiger partial charge in [0.05, 0.1) is 13.2 Å². The molecule has 1 aromatic heterocycles. The van der Waals surface area contributed by atoms with Gasteiger partial charge in [-0.25, -0.2) is 4.39 Å². The van der Waals surface area contributed by atoms with Crippen molar-refractivity contribution in [2.24, 2.45) is 0 Å². The molecule has 1 saturated heterocycles. The lowest BCUT2D eigenvalue weighted by Gasteiger charge is -2.34. The highest BCUT2D eigenvalue weighted by atomic mass is 19.1. The summed E-state index contributed by atoms with van der Waals surface area (Å²) in [4.78, 5) is 24.8. The first-order valence-electron chi connectivity index (χ1n) is 12.4. The maximum Gasteiger partial charge on any atom is 0.256 e. The second-order valence-corrected chi connectivity index (χ2v) is 9.01.